The van der Waals surface area contributed by atoms with Crippen LogP contribution in [0.15, 0.2) is 30.3 Å². The Labute approximate surface area is 108 Å². The van der Waals surface area contributed by atoms with E-state index in [4.69, 9.17) is 5.26 Å². The van der Waals surface area contributed by atoms with Crippen molar-refractivity contribution in [3.05, 3.63) is 42.0 Å². The van der Waals surface area contributed by atoms with Gasteiger partial charge in [0.05, 0.1) is 18.2 Å². The lowest BCUT2D eigenvalue weighted by Gasteiger charge is -2.04. The number of aromatic nitrogens is 2. The zero-order valence-corrected chi connectivity index (χ0v) is 9.90. The van der Waals surface area contributed by atoms with Gasteiger partial charge in [0, 0.05) is 12.1 Å². The van der Waals surface area contributed by atoms with Gasteiger partial charge in [-0.15, -0.1) is 10.2 Å². The zero-order chi connectivity index (χ0) is 13.7. The minimum absolute atomic E-state index is 0.0658. The smallest absolute Gasteiger partial charge is 0.148 e. The Balaban J connectivity index is 2.18. The number of nitrogens with zero attached hydrogens (tertiary/aromatic N) is 3. The highest BCUT2D eigenvalue weighted by Crippen LogP contribution is 2.21. The van der Waals surface area contributed by atoms with Gasteiger partial charge in [0.1, 0.15) is 17.5 Å². The summed E-state index contributed by atoms with van der Waals surface area (Å²) in [6.45, 7) is 0.457. The van der Waals surface area contributed by atoms with Crippen LogP contribution in [0.25, 0.3) is 11.3 Å². The average Bonchev–Trinajstić information content (AvgIpc) is 2.43. The highest BCUT2D eigenvalue weighted by Gasteiger charge is 2.08. The summed E-state index contributed by atoms with van der Waals surface area (Å²) in [6.07, 6.45) is 0.349. The Hall–Kier alpha value is -2.55. The largest absolute Gasteiger partial charge is 0.368 e. The van der Waals surface area contributed by atoms with Gasteiger partial charge in [-0.3, -0.25) is 0 Å². The molecule has 0 amide bonds. The normalized spacial score (nSPS) is 9.95. The number of halogens is 2. The second-order valence-electron chi connectivity index (χ2n) is 3.76. The van der Waals surface area contributed by atoms with Crippen LogP contribution in [0.5, 0.6) is 0 Å². The van der Waals surface area contributed by atoms with Gasteiger partial charge in [0.15, 0.2) is 0 Å². The van der Waals surface area contributed by atoms with Gasteiger partial charge in [0.2, 0.25) is 0 Å². The van der Waals surface area contributed by atoms with E-state index < -0.39 is 11.6 Å². The number of nitriles is 1. The molecule has 4 nitrogen and oxygen atoms in total. The third kappa shape index (κ3) is 3.22. The molecular weight excluding hydrogens is 250 g/mol. The zero-order valence-electron chi connectivity index (χ0n) is 9.90. The van der Waals surface area contributed by atoms with Crippen molar-refractivity contribution in [2.75, 3.05) is 11.9 Å². The monoisotopic (exact) mass is 260 g/mol. The van der Waals surface area contributed by atoms with Crippen molar-refractivity contribution in [1.82, 2.24) is 10.2 Å². The Kier molecular flexibility index (Phi) is 3.98. The summed E-state index contributed by atoms with van der Waals surface area (Å²) in [5.41, 5.74) is 0.318. The number of hydrogen-bond acceptors (Lipinski definition) is 4. The quantitative estimate of drug-likeness (QED) is 0.858. The van der Waals surface area contributed by atoms with Crippen LogP contribution in [0, 0.1) is 23.0 Å². The van der Waals surface area contributed by atoms with Crippen LogP contribution in [-0.4, -0.2) is 16.7 Å². The molecule has 0 aliphatic carbocycles. The van der Waals surface area contributed by atoms with E-state index in [9.17, 15) is 8.78 Å². The van der Waals surface area contributed by atoms with Crippen LogP contribution in [0.1, 0.15) is 6.42 Å². The molecule has 2 aromatic rings. The highest BCUT2D eigenvalue weighted by molar-refractivity contribution is 5.60. The predicted molar refractivity (Wildman–Crippen MR) is 66.1 cm³/mol. The number of nitrogens with one attached hydrogen (secondary N) is 1. The van der Waals surface area contributed by atoms with Gasteiger partial charge in [-0.2, -0.15) is 5.26 Å². The molecule has 1 heterocycles. The lowest BCUT2D eigenvalue weighted by atomic mass is 10.1. The molecule has 0 saturated carbocycles. The molecule has 0 fully saturated rings. The van der Waals surface area contributed by atoms with E-state index in [1.807, 2.05) is 6.07 Å². The molecule has 1 aromatic carbocycles. The average molecular weight is 260 g/mol. The molecule has 0 radical (unpaired) electrons. The maximum atomic E-state index is 13.5. The number of anilines is 1. The molecule has 19 heavy (non-hydrogen) atoms. The summed E-state index contributed by atoms with van der Waals surface area (Å²) in [5, 5.41) is 18.9. The second kappa shape index (κ2) is 5.87. The van der Waals surface area contributed by atoms with E-state index >= 15 is 0 Å². The Bertz CT molecular complexity index is 605. The third-order valence-electron chi connectivity index (χ3n) is 2.41. The first-order chi connectivity index (χ1) is 9.20. The maximum Gasteiger partial charge on any atom is 0.148 e. The van der Waals surface area contributed by atoms with Crippen LogP contribution in [0.3, 0.4) is 0 Å². The standard InChI is InChI=1S/C13H10F2N4/c14-9-2-3-11(15)10(8-9)12-4-5-13(19-18-12)17-7-1-6-16/h2-5,8H,1,7H2,(H,17,19). The molecular formula is C13H10F2N4. The van der Waals surface area contributed by atoms with Gasteiger partial charge >= 0.3 is 0 Å². The molecule has 0 bridgehead atoms. The number of rotatable bonds is 4. The fraction of sp³-hybridized carbons (Fsp3) is 0.154. The van der Waals surface area contributed by atoms with E-state index in [2.05, 4.69) is 15.5 Å². The first-order valence-corrected chi connectivity index (χ1v) is 5.60. The van der Waals surface area contributed by atoms with Crippen LogP contribution in [0.2, 0.25) is 0 Å². The summed E-state index contributed by atoms with van der Waals surface area (Å²) in [4.78, 5) is 0. The molecule has 1 aromatic heterocycles. The molecule has 2 rings (SSSR count). The van der Waals surface area contributed by atoms with Crippen molar-refractivity contribution in [3.63, 3.8) is 0 Å². The van der Waals surface area contributed by atoms with Crippen molar-refractivity contribution in [1.29, 1.82) is 5.26 Å². The second-order valence-corrected chi connectivity index (χ2v) is 3.76. The SMILES string of the molecule is N#CCCNc1ccc(-c2cc(F)ccc2F)nn1. The molecule has 96 valence electrons. The van der Waals surface area contributed by atoms with Crippen molar-refractivity contribution in [2.24, 2.45) is 0 Å². The van der Waals surface area contributed by atoms with E-state index in [1.165, 1.54) is 0 Å². The van der Waals surface area contributed by atoms with E-state index in [-0.39, 0.29) is 11.3 Å². The van der Waals surface area contributed by atoms with E-state index in [0.717, 1.165) is 18.2 Å². The fourth-order valence-electron chi connectivity index (χ4n) is 1.51. The lowest BCUT2D eigenvalue weighted by molar-refractivity contribution is 0.602. The van der Waals surface area contributed by atoms with Gasteiger partial charge in [-0.25, -0.2) is 8.78 Å². The first-order valence-electron chi connectivity index (χ1n) is 5.60. The maximum absolute atomic E-state index is 13.5. The summed E-state index contributed by atoms with van der Waals surface area (Å²) in [7, 11) is 0. The molecule has 0 atom stereocenters. The van der Waals surface area contributed by atoms with Crippen molar-refractivity contribution < 1.29 is 8.78 Å². The molecule has 0 saturated heterocycles. The topological polar surface area (TPSA) is 61.6 Å². The van der Waals surface area contributed by atoms with Crippen molar-refractivity contribution >= 4 is 5.82 Å². The van der Waals surface area contributed by atoms with Crippen molar-refractivity contribution in [3.8, 4) is 17.3 Å². The Morgan fingerprint density at radius 1 is 1.16 bits per heavy atom. The molecule has 0 aliphatic heterocycles. The van der Waals surface area contributed by atoms with Gasteiger partial charge < -0.3 is 5.32 Å². The summed E-state index contributed by atoms with van der Waals surface area (Å²) >= 11 is 0. The highest BCUT2D eigenvalue weighted by atomic mass is 19.1. The molecule has 0 unspecified atom stereocenters. The minimum Gasteiger partial charge on any atom is -0.368 e. The van der Waals surface area contributed by atoms with E-state index in [1.54, 1.807) is 12.1 Å². The fourth-order valence-corrected chi connectivity index (χ4v) is 1.51. The Morgan fingerprint density at radius 3 is 2.68 bits per heavy atom. The first kappa shape index (κ1) is 12.9. The molecule has 1 N–H and O–H groups in total. The number of hydrogen-bond donors (Lipinski definition) is 1. The van der Waals surface area contributed by atoms with Gasteiger partial charge in [-0.05, 0) is 30.3 Å². The van der Waals surface area contributed by atoms with Crippen LogP contribution < -0.4 is 5.32 Å². The van der Waals surface area contributed by atoms with Gasteiger partial charge in [0.25, 0.3) is 0 Å². The van der Waals surface area contributed by atoms with Crippen LogP contribution in [-0.2, 0) is 0 Å². The lowest BCUT2D eigenvalue weighted by Crippen LogP contribution is -2.03. The molecule has 0 spiro atoms. The van der Waals surface area contributed by atoms with Gasteiger partial charge in [-0.1, -0.05) is 0 Å². The molecule has 0 aliphatic rings. The summed E-state index contributed by atoms with van der Waals surface area (Å²) < 4.78 is 26.6. The Morgan fingerprint density at radius 2 is 2.00 bits per heavy atom. The predicted octanol–water partition coefficient (Wildman–Crippen LogP) is 2.75. The number of benzene rings is 1. The van der Waals surface area contributed by atoms with E-state index in [0.29, 0.717) is 18.8 Å². The molecule has 6 heteroatoms. The third-order valence-corrected chi connectivity index (χ3v) is 2.41. The van der Waals surface area contributed by atoms with Crippen LogP contribution in [0.4, 0.5) is 14.6 Å². The van der Waals surface area contributed by atoms with Crippen LogP contribution >= 0.6 is 0 Å². The summed E-state index contributed by atoms with van der Waals surface area (Å²) in [6, 6.07) is 8.29. The summed E-state index contributed by atoms with van der Waals surface area (Å²) in [5.74, 6) is -0.605. The minimum atomic E-state index is -0.555. The van der Waals surface area contributed by atoms with Crippen molar-refractivity contribution in [2.45, 2.75) is 6.42 Å².